The van der Waals surface area contributed by atoms with E-state index in [1.807, 2.05) is 4.90 Å². The van der Waals surface area contributed by atoms with Crippen LogP contribution in [0.4, 0.5) is 18.9 Å². The normalized spacial score (nSPS) is 25.7. The van der Waals surface area contributed by atoms with Crippen LogP contribution >= 0.6 is 0 Å². The minimum absolute atomic E-state index is 0.0308. The van der Waals surface area contributed by atoms with Gasteiger partial charge in [-0.2, -0.15) is 13.2 Å². The molecular weight excluding hydrogens is 485 g/mol. The molecule has 0 spiro atoms. The van der Waals surface area contributed by atoms with Gasteiger partial charge in [0.2, 0.25) is 0 Å². The van der Waals surface area contributed by atoms with Crippen molar-refractivity contribution in [2.24, 2.45) is 5.41 Å². The number of allylic oxidation sites excluding steroid dienone is 2. The summed E-state index contributed by atoms with van der Waals surface area (Å²) in [4.78, 5) is 26.3. The lowest BCUT2D eigenvalue weighted by Gasteiger charge is -2.40. The summed E-state index contributed by atoms with van der Waals surface area (Å²) in [6.45, 7) is 10.9. The van der Waals surface area contributed by atoms with E-state index in [0.717, 1.165) is 24.5 Å². The number of carboxylic acid groups (broad SMARTS) is 1. The summed E-state index contributed by atoms with van der Waals surface area (Å²) >= 11 is 0. The molecule has 2 aliphatic heterocycles. The molecule has 1 saturated heterocycles. The van der Waals surface area contributed by atoms with Gasteiger partial charge in [0.05, 0.1) is 11.1 Å². The van der Waals surface area contributed by atoms with Crippen LogP contribution in [0.1, 0.15) is 56.5 Å². The fourth-order valence-corrected chi connectivity index (χ4v) is 4.48. The van der Waals surface area contributed by atoms with Gasteiger partial charge in [-0.25, -0.2) is 4.79 Å². The molecule has 0 bridgehead atoms. The molecule has 10 heteroatoms. The van der Waals surface area contributed by atoms with Gasteiger partial charge in [0, 0.05) is 43.1 Å². The Hall–Kier alpha value is -3.43. The van der Waals surface area contributed by atoms with Crippen LogP contribution < -0.4 is 16.0 Å². The van der Waals surface area contributed by atoms with Gasteiger partial charge in [-0.1, -0.05) is 25.5 Å². The second-order valence-corrected chi connectivity index (χ2v) is 10.5. The lowest BCUT2D eigenvalue weighted by molar-refractivity contribution is -0.115. The first-order valence-electron chi connectivity index (χ1n) is 12.3. The standard InChI is InChI=1S/C27H35F3N4O3/c1-16-6-7-22(21(12-16)25(36)37)32-17(2)20-13-19(27(28,29)30)15-31-24(35)14-23(33-18(20)3)34-10-8-26(4,5)9-11-34/h6-7,12-15,17-18,32-33H,8-11H2,1-5H3,(H,31,35)(H,36,37)/b19-15+,20-13-,23-14+. The fourth-order valence-electron chi connectivity index (χ4n) is 4.48. The zero-order valence-electron chi connectivity index (χ0n) is 21.8. The second kappa shape index (κ2) is 10.9. The van der Waals surface area contributed by atoms with Crippen molar-refractivity contribution in [3.63, 3.8) is 0 Å². The number of hydrogen-bond acceptors (Lipinski definition) is 5. The van der Waals surface area contributed by atoms with Crippen LogP contribution in [0, 0.1) is 12.3 Å². The van der Waals surface area contributed by atoms with Crippen LogP contribution in [0.5, 0.6) is 0 Å². The number of benzene rings is 1. The Morgan fingerprint density at radius 1 is 1.22 bits per heavy atom. The Kier molecular flexibility index (Phi) is 8.29. The summed E-state index contributed by atoms with van der Waals surface area (Å²) in [5, 5.41) is 18.2. The molecule has 7 nitrogen and oxygen atoms in total. The molecule has 4 N–H and O–H groups in total. The number of hydrogen-bond donors (Lipinski definition) is 4. The molecule has 3 rings (SSSR count). The number of aromatic carboxylic acids is 1. The average molecular weight is 521 g/mol. The number of halogens is 3. The van der Waals surface area contributed by atoms with Crippen LogP contribution in [0.25, 0.3) is 0 Å². The number of amides is 1. The molecule has 1 amide bonds. The number of anilines is 1. The van der Waals surface area contributed by atoms with E-state index in [1.165, 1.54) is 12.1 Å². The van der Waals surface area contributed by atoms with Gasteiger partial charge in [0.15, 0.2) is 0 Å². The number of carboxylic acids is 1. The zero-order valence-corrected chi connectivity index (χ0v) is 21.8. The first-order chi connectivity index (χ1) is 17.2. The van der Waals surface area contributed by atoms with Crippen LogP contribution in [0.3, 0.4) is 0 Å². The molecule has 2 heterocycles. The number of likely N-dealkylation sites (tertiary alicyclic amines) is 1. The monoisotopic (exact) mass is 520 g/mol. The van der Waals surface area contributed by atoms with Gasteiger partial charge in [-0.3, -0.25) is 4.79 Å². The summed E-state index contributed by atoms with van der Waals surface area (Å²) in [6.07, 6.45) is 0.0844. The van der Waals surface area contributed by atoms with Gasteiger partial charge in [0.25, 0.3) is 5.91 Å². The summed E-state index contributed by atoms with van der Waals surface area (Å²) in [5.41, 5.74) is 0.585. The highest BCUT2D eigenvalue weighted by Gasteiger charge is 2.35. The molecule has 37 heavy (non-hydrogen) atoms. The Bertz CT molecular complexity index is 1130. The minimum atomic E-state index is -4.71. The van der Waals surface area contributed by atoms with Crippen LogP contribution in [-0.2, 0) is 4.79 Å². The van der Waals surface area contributed by atoms with Crippen molar-refractivity contribution < 1.29 is 27.9 Å². The van der Waals surface area contributed by atoms with E-state index < -0.39 is 35.7 Å². The van der Waals surface area contributed by atoms with Crippen molar-refractivity contribution in [3.8, 4) is 0 Å². The van der Waals surface area contributed by atoms with Crippen molar-refractivity contribution in [1.29, 1.82) is 0 Å². The van der Waals surface area contributed by atoms with E-state index >= 15 is 0 Å². The van der Waals surface area contributed by atoms with Gasteiger partial charge < -0.3 is 26.0 Å². The highest BCUT2D eigenvalue weighted by Crippen LogP contribution is 2.32. The predicted octanol–water partition coefficient (Wildman–Crippen LogP) is 4.94. The third-order valence-electron chi connectivity index (χ3n) is 6.89. The maximum atomic E-state index is 13.9. The minimum Gasteiger partial charge on any atom is -0.478 e. The number of rotatable bonds is 5. The second-order valence-electron chi connectivity index (χ2n) is 10.5. The quantitative estimate of drug-likeness (QED) is 0.440. The molecule has 1 fully saturated rings. The van der Waals surface area contributed by atoms with E-state index in [4.69, 9.17) is 0 Å². The number of aryl methyl sites for hydroxylation is 1. The predicted molar refractivity (Wildman–Crippen MR) is 137 cm³/mol. The molecular formula is C27H35F3N4O3. The maximum Gasteiger partial charge on any atom is 0.417 e. The van der Waals surface area contributed by atoms with Gasteiger partial charge in [0.1, 0.15) is 5.82 Å². The largest absolute Gasteiger partial charge is 0.478 e. The molecule has 0 aromatic heterocycles. The Labute approximate surface area is 215 Å². The van der Waals surface area contributed by atoms with Crippen molar-refractivity contribution in [3.05, 3.63) is 64.6 Å². The van der Waals surface area contributed by atoms with Crippen molar-refractivity contribution >= 4 is 17.6 Å². The van der Waals surface area contributed by atoms with Gasteiger partial charge in [-0.15, -0.1) is 0 Å². The highest BCUT2D eigenvalue weighted by molar-refractivity contribution is 5.94. The molecule has 0 radical (unpaired) electrons. The summed E-state index contributed by atoms with van der Waals surface area (Å²) in [6, 6.07) is 3.57. The number of alkyl halides is 3. The number of piperidine rings is 1. The number of nitrogens with zero attached hydrogens (tertiary/aromatic N) is 1. The van der Waals surface area contributed by atoms with Crippen LogP contribution in [-0.4, -0.2) is 53.2 Å². The average Bonchev–Trinajstić information content (AvgIpc) is 2.78. The van der Waals surface area contributed by atoms with E-state index in [1.54, 1.807) is 32.9 Å². The first-order valence-corrected chi connectivity index (χ1v) is 12.3. The molecule has 1 aromatic rings. The Balaban J connectivity index is 1.99. The maximum absolute atomic E-state index is 13.9. The third kappa shape index (κ3) is 7.30. The summed E-state index contributed by atoms with van der Waals surface area (Å²) < 4.78 is 41.6. The van der Waals surface area contributed by atoms with Crippen LogP contribution in [0.2, 0.25) is 0 Å². The van der Waals surface area contributed by atoms with Crippen LogP contribution in [0.15, 0.2) is 53.5 Å². The Morgan fingerprint density at radius 3 is 2.46 bits per heavy atom. The highest BCUT2D eigenvalue weighted by atomic mass is 19.4. The molecule has 1 aromatic carbocycles. The molecule has 2 aliphatic rings. The fraction of sp³-hybridized carbons (Fsp3) is 0.481. The van der Waals surface area contributed by atoms with E-state index in [2.05, 4.69) is 29.8 Å². The molecule has 0 saturated carbocycles. The molecule has 2 unspecified atom stereocenters. The summed E-state index contributed by atoms with van der Waals surface area (Å²) in [5.74, 6) is -1.26. The zero-order chi connectivity index (χ0) is 27.5. The van der Waals surface area contributed by atoms with Crippen molar-refractivity contribution in [1.82, 2.24) is 15.5 Å². The lowest BCUT2D eigenvalue weighted by atomic mass is 9.82. The van der Waals surface area contributed by atoms with Crippen molar-refractivity contribution in [2.75, 3.05) is 18.4 Å². The van der Waals surface area contributed by atoms with E-state index in [-0.39, 0.29) is 11.0 Å². The number of carbonyl (C=O) groups is 2. The van der Waals surface area contributed by atoms with E-state index in [9.17, 15) is 27.9 Å². The molecule has 0 aliphatic carbocycles. The van der Waals surface area contributed by atoms with Gasteiger partial charge >= 0.3 is 12.1 Å². The number of nitrogens with one attached hydrogen (secondary N) is 3. The molecule has 202 valence electrons. The lowest BCUT2D eigenvalue weighted by Crippen LogP contribution is -2.45. The van der Waals surface area contributed by atoms with Crippen molar-refractivity contribution in [2.45, 2.75) is 65.7 Å². The smallest absolute Gasteiger partial charge is 0.417 e. The SMILES string of the molecule is Cc1ccc(NC(C)/C2=C/C(C(F)(F)F)=C\NC(=O)/C=C(/N3CCC(C)(C)CC3)NC2C)c(C(=O)O)c1. The number of carbonyl (C=O) groups excluding carboxylic acids is 1. The third-order valence-corrected chi connectivity index (χ3v) is 6.89. The van der Waals surface area contributed by atoms with E-state index in [0.29, 0.717) is 36.4 Å². The first kappa shape index (κ1) is 28.1. The summed E-state index contributed by atoms with van der Waals surface area (Å²) in [7, 11) is 0. The Morgan fingerprint density at radius 2 is 1.86 bits per heavy atom. The van der Waals surface area contributed by atoms with Gasteiger partial charge in [-0.05, 0) is 62.8 Å². The topological polar surface area (TPSA) is 93.7 Å². The molecule has 2 atom stereocenters.